The summed E-state index contributed by atoms with van der Waals surface area (Å²) in [5, 5.41) is 17.6. The van der Waals surface area contributed by atoms with Crippen LogP contribution in [0.4, 0.5) is 0 Å². The molecule has 0 aromatic heterocycles. The molecule has 4 heteroatoms. The van der Waals surface area contributed by atoms with Gasteiger partial charge < -0.3 is 14.9 Å². The molecule has 0 aromatic rings. The number of unbranched alkanes of at least 4 members (excludes halogenated alkanes) is 12. The van der Waals surface area contributed by atoms with Gasteiger partial charge in [-0.05, 0) is 44.4 Å². The molecule has 0 amide bonds. The van der Waals surface area contributed by atoms with Gasteiger partial charge in [-0.15, -0.1) is 0 Å². The van der Waals surface area contributed by atoms with Gasteiger partial charge in [-0.3, -0.25) is 4.79 Å². The largest absolute Gasteiger partial charge is 0.466 e. The van der Waals surface area contributed by atoms with Gasteiger partial charge in [-0.1, -0.05) is 77.0 Å². The summed E-state index contributed by atoms with van der Waals surface area (Å²) in [5.41, 5.74) is 0.236. The first-order valence-electron chi connectivity index (χ1n) is 12.1. The smallest absolute Gasteiger partial charge is 0.309 e. The average Bonchev–Trinajstić information content (AvgIpc) is 3.41. The quantitative estimate of drug-likeness (QED) is 0.201. The molecule has 0 spiro atoms. The van der Waals surface area contributed by atoms with E-state index in [1.807, 2.05) is 6.92 Å². The third kappa shape index (κ3) is 10.8. The fraction of sp³-hybridized carbons (Fsp3) is 0.958. The Kier molecular flexibility index (Phi) is 14.7. The summed E-state index contributed by atoms with van der Waals surface area (Å²) < 4.78 is 5.31. The van der Waals surface area contributed by atoms with Gasteiger partial charge >= 0.3 is 5.97 Å². The van der Waals surface area contributed by atoms with E-state index in [-0.39, 0.29) is 17.3 Å². The van der Waals surface area contributed by atoms with Crippen molar-refractivity contribution in [1.82, 2.24) is 0 Å². The highest BCUT2D eigenvalue weighted by Gasteiger charge is 2.57. The van der Waals surface area contributed by atoms with E-state index in [9.17, 15) is 4.79 Å². The lowest BCUT2D eigenvalue weighted by Gasteiger charge is -2.17. The molecule has 1 saturated carbocycles. The molecular formula is C24H46O4. The van der Waals surface area contributed by atoms with Crippen LogP contribution < -0.4 is 0 Å². The Hall–Kier alpha value is -0.610. The lowest BCUT2D eigenvalue weighted by molar-refractivity contribution is -0.145. The summed E-state index contributed by atoms with van der Waals surface area (Å²) in [6, 6.07) is 0. The highest BCUT2D eigenvalue weighted by molar-refractivity contribution is 5.76. The minimum absolute atomic E-state index is 0.0375. The number of hydrogen-bond acceptors (Lipinski definition) is 4. The lowest BCUT2D eigenvalue weighted by Crippen LogP contribution is -2.14. The van der Waals surface area contributed by atoms with Crippen molar-refractivity contribution in [2.45, 2.75) is 116 Å². The molecule has 166 valence electrons. The Morgan fingerprint density at radius 2 is 1.14 bits per heavy atom. The first-order chi connectivity index (χ1) is 13.7. The maximum Gasteiger partial charge on any atom is 0.309 e. The molecule has 0 heterocycles. The van der Waals surface area contributed by atoms with E-state index >= 15 is 0 Å². The number of aliphatic hydroxyl groups is 2. The molecule has 28 heavy (non-hydrogen) atoms. The van der Waals surface area contributed by atoms with Crippen LogP contribution >= 0.6 is 0 Å². The summed E-state index contributed by atoms with van der Waals surface area (Å²) in [4.78, 5) is 12.2. The molecule has 2 N–H and O–H groups in total. The number of ether oxygens (including phenoxy) is 1. The SMILES string of the molecule is CCOC(=O)C1CC1(CCCCCCCCCO)CCCCCCCCCO. The van der Waals surface area contributed by atoms with Crippen LogP contribution in [0.3, 0.4) is 0 Å². The van der Waals surface area contributed by atoms with E-state index in [4.69, 9.17) is 14.9 Å². The Morgan fingerprint density at radius 3 is 1.54 bits per heavy atom. The molecule has 1 aliphatic rings. The van der Waals surface area contributed by atoms with E-state index in [2.05, 4.69) is 0 Å². The highest BCUT2D eigenvalue weighted by atomic mass is 16.5. The molecule has 0 aliphatic heterocycles. The minimum atomic E-state index is 0.0375. The van der Waals surface area contributed by atoms with Crippen LogP contribution in [-0.4, -0.2) is 36.0 Å². The van der Waals surface area contributed by atoms with Crippen LogP contribution in [0, 0.1) is 11.3 Å². The molecule has 0 aromatic carbocycles. The molecule has 1 fully saturated rings. The van der Waals surface area contributed by atoms with Gasteiger partial charge in [0.05, 0.1) is 12.5 Å². The van der Waals surface area contributed by atoms with Crippen LogP contribution in [0.25, 0.3) is 0 Å². The molecule has 1 atom stereocenters. The van der Waals surface area contributed by atoms with E-state index in [0.29, 0.717) is 19.8 Å². The lowest BCUT2D eigenvalue weighted by atomic mass is 9.89. The van der Waals surface area contributed by atoms with Crippen molar-refractivity contribution in [1.29, 1.82) is 0 Å². The summed E-state index contributed by atoms with van der Waals surface area (Å²) in [5.74, 6) is 0.192. The zero-order chi connectivity index (χ0) is 20.5. The minimum Gasteiger partial charge on any atom is -0.466 e. The fourth-order valence-corrected chi connectivity index (χ4v) is 4.55. The van der Waals surface area contributed by atoms with Crippen molar-refractivity contribution in [2.24, 2.45) is 11.3 Å². The third-order valence-electron chi connectivity index (χ3n) is 6.43. The van der Waals surface area contributed by atoms with Gasteiger partial charge in [0.15, 0.2) is 0 Å². The molecule has 1 unspecified atom stereocenters. The molecule has 1 aliphatic carbocycles. The number of hydrogen-bond donors (Lipinski definition) is 2. The van der Waals surface area contributed by atoms with Crippen molar-refractivity contribution >= 4 is 5.97 Å². The average molecular weight is 399 g/mol. The van der Waals surface area contributed by atoms with Crippen molar-refractivity contribution in [2.75, 3.05) is 19.8 Å². The number of aliphatic hydroxyl groups excluding tert-OH is 2. The maximum absolute atomic E-state index is 12.2. The van der Waals surface area contributed by atoms with Gasteiger partial charge in [0.1, 0.15) is 0 Å². The van der Waals surface area contributed by atoms with Gasteiger partial charge in [-0.2, -0.15) is 0 Å². The Labute approximate surface area is 173 Å². The van der Waals surface area contributed by atoms with Crippen LogP contribution in [0.2, 0.25) is 0 Å². The topological polar surface area (TPSA) is 66.8 Å². The van der Waals surface area contributed by atoms with E-state index in [0.717, 1.165) is 32.1 Å². The summed E-state index contributed by atoms with van der Waals surface area (Å²) >= 11 is 0. The van der Waals surface area contributed by atoms with Gasteiger partial charge in [-0.25, -0.2) is 0 Å². The fourth-order valence-electron chi connectivity index (χ4n) is 4.55. The van der Waals surface area contributed by atoms with Crippen LogP contribution in [0.1, 0.15) is 116 Å². The zero-order valence-electron chi connectivity index (χ0n) is 18.4. The summed E-state index contributed by atoms with van der Waals surface area (Å²) in [7, 11) is 0. The number of rotatable bonds is 20. The number of carbonyl (C=O) groups is 1. The highest BCUT2D eigenvalue weighted by Crippen LogP contribution is 2.60. The van der Waals surface area contributed by atoms with Crippen LogP contribution in [0.5, 0.6) is 0 Å². The molecule has 0 radical (unpaired) electrons. The Balaban J connectivity index is 2.21. The number of carbonyl (C=O) groups excluding carboxylic acids is 1. The first kappa shape index (κ1) is 25.4. The van der Waals surface area contributed by atoms with E-state index in [1.54, 1.807) is 0 Å². The van der Waals surface area contributed by atoms with Gasteiger partial charge in [0, 0.05) is 13.2 Å². The molecule has 1 rings (SSSR count). The molecule has 0 saturated heterocycles. The predicted molar refractivity (Wildman–Crippen MR) is 115 cm³/mol. The summed E-state index contributed by atoms with van der Waals surface area (Å²) in [6.45, 7) is 3.03. The first-order valence-corrected chi connectivity index (χ1v) is 12.1. The third-order valence-corrected chi connectivity index (χ3v) is 6.43. The maximum atomic E-state index is 12.2. The van der Waals surface area contributed by atoms with Crippen molar-refractivity contribution in [3.8, 4) is 0 Å². The molecular weight excluding hydrogens is 352 g/mol. The second kappa shape index (κ2) is 16.2. The van der Waals surface area contributed by atoms with Crippen molar-refractivity contribution < 1.29 is 19.7 Å². The van der Waals surface area contributed by atoms with E-state index in [1.165, 1.54) is 77.0 Å². The van der Waals surface area contributed by atoms with Crippen LogP contribution in [-0.2, 0) is 9.53 Å². The Morgan fingerprint density at radius 1 is 0.750 bits per heavy atom. The van der Waals surface area contributed by atoms with E-state index < -0.39 is 0 Å². The standard InChI is InChI=1S/C24H46O4/c1-2-28-23(27)22-21-24(22,17-13-9-5-3-7-11-15-19-25)18-14-10-6-4-8-12-16-20-26/h22,25-26H,2-21H2,1H3. The summed E-state index contributed by atoms with van der Waals surface area (Å²) in [6.07, 6.45) is 20.1. The Bertz CT molecular complexity index is 363. The second-order valence-corrected chi connectivity index (χ2v) is 8.77. The van der Waals surface area contributed by atoms with Crippen molar-refractivity contribution in [3.05, 3.63) is 0 Å². The monoisotopic (exact) mass is 398 g/mol. The molecule has 4 nitrogen and oxygen atoms in total. The number of esters is 1. The van der Waals surface area contributed by atoms with Gasteiger partial charge in [0.2, 0.25) is 0 Å². The molecule has 0 bridgehead atoms. The van der Waals surface area contributed by atoms with Crippen molar-refractivity contribution in [3.63, 3.8) is 0 Å². The zero-order valence-corrected chi connectivity index (χ0v) is 18.4. The predicted octanol–water partition coefficient (Wildman–Crippen LogP) is 5.78. The normalized spacial score (nSPS) is 17.6. The second-order valence-electron chi connectivity index (χ2n) is 8.77. The van der Waals surface area contributed by atoms with Gasteiger partial charge in [0.25, 0.3) is 0 Å². The van der Waals surface area contributed by atoms with Crippen LogP contribution in [0.15, 0.2) is 0 Å².